The minimum absolute atomic E-state index is 0.0388. The van der Waals surface area contributed by atoms with Crippen LogP contribution in [0.15, 0.2) is 59.1 Å². The van der Waals surface area contributed by atoms with Crippen molar-refractivity contribution in [3.63, 3.8) is 0 Å². The molecule has 1 aliphatic rings. The summed E-state index contributed by atoms with van der Waals surface area (Å²) in [5.41, 5.74) is 0.952. The Morgan fingerprint density at radius 2 is 1.96 bits per heavy atom. The summed E-state index contributed by atoms with van der Waals surface area (Å²) < 4.78 is 6.81. The molecule has 7 heteroatoms. The van der Waals surface area contributed by atoms with E-state index in [1.807, 2.05) is 59.5 Å². The third kappa shape index (κ3) is 3.94. The van der Waals surface area contributed by atoms with Crippen LogP contribution in [0, 0.1) is 0 Å². The fourth-order valence-corrected chi connectivity index (χ4v) is 3.72. The average molecular weight is 441 g/mol. The molecular weight excluding hydrogens is 420 g/mol. The van der Waals surface area contributed by atoms with E-state index in [9.17, 15) is 4.79 Å². The van der Waals surface area contributed by atoms with E-state index in [-0.39, 0.29) is 11.9 Å². The molecule has 0 aliphatic carbocycles. The van der Waals surface area contributed by atoms with Gasteiger partial charge in [0.1, 0.15) is 11.6 Å². The van der Waals surface area contributed by atoms with Gasteiger partial charge in [0.25, 0.3) is 5.91 Å². The molecular formula is C21H21BrN4O2. The number of carbonyl (C=O) groups excluding carboxylic acids is 1. The number of rotatable bonds is 5. The highest BCUT2D eigenvalue weighted by Crippen LogP contribution is 2.31. The van der Waals surface area contributed by atoms with E-state index in [0.717, 1.165) is 28.7 Å². The summed E-state index contributed by atoms with van der Waals surface area (Å²) >= 11 is 3.40. The van der Waals surface area contributed by atoms with E-state index in [2.05, 4.69) is 31.1 Å². The number of aromatic nitrogens is 3. The van der Waals surface area contributed by atoms with Gasteiger partial charge in [-0.15, -0.1) is 0 Å². The number of aromatic amines is 1. The fraction of sp³-hybridized carbons (Fsp3) is 0.286. The van der Waals surface area contributed by atoms with Crippen molar-refractivity contribution < 1.29 is 9.53 Å². The second-order valence-electron chi connectivity index (χ2n) is 6.81. The number of hydrogen-bond acceptors (Lipinski definition) is 4. The Kier molecular flexibility index (Phi) is 5.43. The maximum atomic E-state index is 13.0. The van der Waals surface area contributed by atoms with Crippen LogP contribution in [-0.4, -0.2) is 38.6 Å². The number of benzene rings is 2. The quantitative estimate of drug-likeness (QED) is 0.639. The molecule has 3 aromatic rings. The first-order valence-corrected chi connectivity index (χ1v) is 10.1. The second-order valence-corrected chi connectivity index (χ2v) is 7.73. The van der Waals surface area contributed by atoms with Gasteiger partial charge in [0.2, 0.25) is 0 Å². The Labute approximate surface area is 172 Å². The van der Waals surface area contributed by atoms with Crippen LogP contribution < -0.4 is 4.74 Å². The van der Waals surface area contributed by atoms with Crippen molar-refractivity contribution in [2.24, 2.45) is 0 Å². The lowest BCUT2D eigenvalue weighted by Gasteiger charge is -2.26. The van der Waals surface area contributed by atoms with Gasteiger partial charge in [-0.1, -0.05) is 46.3 Å². The zero-order chi connectivity index (χ0) is 19.5. The lowest BCUT2D eigenvalue weighted by atomic mass is 10.2. The standard InChI is InChI=1S/C21H21BrN4O2/c1-14(28-17-11-9-16(22)10-12-17)21(27)26-13-5-8-18(26)20-23-19(24-25-20)15-6-3-2-4-7-15/h2-4,6-7,9-12,14,18H,5,8,13H2,1H3,(H,23,24,25)/t14-,18-/m1/s1. The average Bonchev–Trinajstić information content (AvgIpc) is 3.39. The summed E-state index contributed by atoms with van der Waals surface area (Å²) in [5.74, 6) is 2.00. The molecule has 1 aromatic heterocycles. The number of nitrogens with zero attached hydrogens (tertiary/aromatic N) is 3. The van der Waals surface area contributed by atoms with E-state index in [0.29, 0.717) is 18.1 Å². The molecule has 1 N–H and O–H groups in total. The molecule has 1 saturated heterocycles. The fourth-order valence-electron chi connectivity index (χ4n) is 3.46. The van der Waals surface area contributed by atoms with Gasteiger partial charge in [0.05, 0.1) is 6.04 Å². The van der Waals surface area contributed by atoms with E-state index < -0.39 is 6.10 Å². The lowest BCUT2D eigenvalue weighted by Crippen LogP contribution is -2.40. The number of likely N-dealkylation sites (tertiary alicyclic amines) is 1. The first-order chi connectivity index (χ1) is 13.6. The summed E-state index contributed by atoms with van der Waals surface area (Å²) in [6.45, 7) is 2.48. The number of carbonyl (C=O) groups is 1. The largest absolute Gasteiger partial charge is 0.481 e. The Hall–Kier alpha value is -2.67. The molecule has 0 bridgehead atoms. The summed E-state index contributed by atoms with van der Waals surface area (Å²) in [6.07, 6.45) is 1.22. The van der Waals surface area contributed by atoms with E-state index in [1.54, 1.807) is 6.92 Å². The Morgan fingerprint density at radius 1 is 1.21 bits per heavy atom. The topological polar surface area (TPSA) is 71.1 Å². The molecule has 0 spiro atoms. The van der Waals surface area contributed by atoms with Gasteiger partial charge in [-0.25, -0.2) is 4.98 Å². The highest BCUT2D eigenvalue weighted by molar-refractivity contribution is 9.10. The number of halogens is 1. The van der Waals surface area contributed by atoms with Gasteiger partial charge >= 0.3 is 0 Å². The highest BCUT2D eigenvalue weighted by Gasteiger charge is 2.35. The Morgan fingerprint density at radius 3 is 2.71 bits per heavy atom. The van der Waals surface area contributed by atoms with Gasteiger partial charge in [-0.05, 0) is 44.0 Å². The van der Waals surface area contributed by atoms with Gasteiger partial charge in [0.15, 0.2) is 11.9 Å². The molecule has 2 aromatic carbocycles. The Bertz CT molecular complexity index is 943. The molecule has 2 heterocycles. The van der Waals surface area contributed by atoms with Gasteiger partial charge in [-0.3, -0.25) is 9.89 Å². The van der Waals surface area contributed by atoms with E-state index in [4.69, 9.17) is 4.74 Å². The third-order valence-electron chi connectivity index (χ3n) is 4.86. The van der Waals surface area contributed by atoms with Gasteiger partial charge in [0, 0.05) is 16.6 Å². The normalized spacial score (nSPS) is 17.5. The van der Waals surface area contributed by atoms with Crippen LogP contribution in [0.25, 0.3) is 11.4 Å². The van der Waals surface area contributed by atoms with Crippen molar-refractivity contribution in [3.05, 3.63) is 64.9 Å². The number of ether oxygens (including phenoxy) is 1. The van der Waals surface area contributed by atoms with Gasteiger partial charge < -0.3 is 9.64 Å². The molecule has 144 valence electrons. The van der Waals surface area contributed by atoms with Crippen molar-refractivity contribution >= 4 is 21.8 Å². The first kappa shape index (κ1) is 18.7. The van der Waals surface area contributed by atoms with Crippen molar-refractivity contribution in [3.8, 4) is 17.1 Å². The smallest absolute Gasteiger partial charge is 0.263 e. The van der Waals surface area contributed by atoms with E-state index in [1.165, 1.54) is 0 Å². The predicted octanol–water partition coefficient (Wildman–Crippen LogP) is 4.37. The summed E-state index contributed by atoms with van der Waals surface area (Å²) in [5, 5.41) is 7.36. The number of nitrogens with one attached hydrogen (secondary N) is 1. The molecule has 28 heavy (non-hydrogen) atoms. The predicted molar refractivity (Wildman–Crippen MR) is 110 cm³/mol. The van der Waals surface area contributed by atoms with E-state index >= 15 is 0 Å². The zero-order valence-electron chi connectivity index (χ0n) is 15.5. The van der Waals surface area contributed by atoms with Crippen molar-refractivity contribution in [1.29, 1.82) is 0 Å². The number of amides is 1. The van der Waals surface area contributed by atoms with Crippen LogP contribution >= 0.6 is 15.9 Å². The van der Waals surface area contributed by atoms with Crippen LogP contribution in [-0.2, 0) is 4.79 Å². The maximum Gasteiger partial charge on any atom is 0.263 e. The SMILES string of the molecule is C[C@@H](Oc1ccc(Br)cc1)C(=O)N1CCC[C@@H]1c1nc(-c2ccccc2)n[nH]1. The molecule has 6 nitrogen and oxygen atoms in total. The van der Waals surface area contributed by atoms with Crippen LogP contribution in [0.4, 0.5) is 0 Å². The minimum atomic E-state index is -0.571. The van der Waals surface area contributed by atoms with Crippen LogP contribution in [0.2, 0.25) is 0 Å². The van der Waals surface area contributed by atoms with Crippen molar-refractivity contribution in [2.75, 3.05) is 6.54 Å². The zero-order valence-corrected chi connectivity index (χ0v) is 17.1. The second kappa shape index (κ2) is 8.14. The van der Waals surface area contributed by atoms with Crippen molar-refractivity contribution in [1.82, 2.24) is 20.1 Å². The monoisotopic (exact) mass is 440 g/mol. The Balaban J connectivity index is 1.48. The van der Waals surface area contributed by atoms with Crippen LogP contribution in [0.5, 0.6) is 5.75 Å². The highest BCUT2D eigenvalue weighted by atomic mass is 79.9. The molecule has 1 aliphatic heterocycles. The lowest BCUT2D eigenvalue weighted by molar-refractivity contribution is -0.139. The van der Waals surface area contributed by atoms with Crippen LogP contribution in [0.3, 0.4) is 0 Å². The van der Waals surface area contributed by atoms with Crippen LogP contribution in [0.1, 0.15) is 31.6 Å². The molecule has 0 radical (unpaired) electrons. The number of H-pyrrole nitrogens is 1. The molecule has 1 amide bonds. The third-order valence-corrected chi connectivity index (χ3v) is 5.39. The maximum absolute atomic E-state index is 13.0. The molecule has 4 rings (SSSR count). The molecule has 2 atom stereocenters. The van der Waals surface area contributed by atoms with Gasteiger partial charge in [-0.2, -0.15) is 5.10 Å². The summed E-state index contributed by atoms with van der Waals surface area (Å²) in [7, 11) is 0. The molecule has 0 unspecified atom stereocenters. The summed E-state index contributed by atoms with van der Waals surface area (Å²) in [6, 6.07) is 17.2. The molecule has 1 fully saturated rings. The first-order valence-electron chi connectivity index (χ1n) is 9.32. The number of hydrogen-bond donors (Lipinski definition) is 1. The minimum Gasteiger partial charge on any atom is -0.481 e. The molecule has 0 saturated carbocycles. The van der Waals surface area contributed by atoms with Crippen molar-refractivity contribution in [2.45, 2.75) is 31.9 Å². The summed E-state index contributed by atoms with van der Waals surface area (Å²) in [4.78, 5) is 19.5.